The second kappa shape index (κ2) is 7.28. The summed E-state index contributed by atoms with van der Waals surface area (Å²) in [6.45, 7) is 5.18. The van der Waals surface area contributed by atoms with E-state index in [1.54, 1.807) is 12.1 Å². The Morgan fingerprint density at radius 1 is 1.33 bits per heavy atom. The molecular weight excluding hydrogens is 286 g/mol. The zero-order valence-electron chi connectivity index (χ0n) is 12.9. The average molecular weight is 310 g/mol. The summed E-state index contributed by atoms with van der Waals surface area (Å²) in [4.78, 5) is 14.0. The Kier molecular flexibility index (Phi) is 5.65. The molecule has 0 atom stereocenters. The third kappa shape index (κ3) is 3.98. The second-order valence-electron chi connectivity index (χ2n) is 5.87. The van der Waals surface area contributed by atoms with E-state index in [4.69, 9.17) is 11.6 Å². The maximum absolute atomic E-state index is 11.6. The highest BCUT2D eigenvalue weighted by atomic mass is 35.5. The molecule has 3 nitrogen and oxygen atoms in total. The van der Waals surface area contributed by atoms with Crippen LogP contribution in [0.25, 0.3) is 0 Å². The number of hydrogen-bond acceptors (Lipinski definition) is 3. The summed E-state index contributed by atoms with van der Waals surface area (Å²) in [5.41, 5.74) is 1.07. The molecule has 1 aromatic rings. The van der Waals surface area contributed by atoms with Crippen LogP contribution < -0.4 is 0 Å². The van der Waals surface area contributed by atoms with Crippen molar-refractivity contribution in [3.63, 3.8) is 0 Å². The lowest BCUT2D eigenvalue weighted by atomic mass is 9.93. The highest BCUT2D eigenvalue weighted by molar-refractivity contribution is 6.31. The number of carbonyl (C=O) groups excluding carboxylic acids is 1. The van der Waals surface area contributed by atoms with Crippen molar-refractivity contribution in [3.05, 3.63) is 28.3 Å². The van der Waals surface area contributed by atoms with Crippen molar-refractivity contribution in [3.8, 4) is 5.75 Å². The molecule has 0 bridgehead atoms. The molecule has 116 valence electrons. The van der Waals surface area contributed by atoms with Crippen LogP contribution in [-0.4, -0.2) is 28.4 Å². The molecule has 0 spiro atoms. The summed E-state index contributed by atoms with van der Waals surface area (Å²) < 4.78 is 0. The standard InChI is InChI=1S/C17H24ClNO2/c1-3-19(15-7-5-4-6-8-15)11-13-9-14(18)10-16(12(2)20)17(13)21/h9-10,15,21H,3-8,11H2,1-2H3. The van der Waals surface area contributed by atoms with Crippen molar-refractivity contribution in [2.45, 2.75) is 58.5 Å². The molecule has 0 heterocycles. The Morgan fingerprint density at radius 3 is 2.57 bits per heavy atom. The van der Waals surface area contributed by atoms with E-state index in [1.807, 2.05) is 0 Å². The van der Waals surface area contributed by atoms with Gasteiger partial charge in [-0.25, -0.2) is 0 Å². The van der Waals surface area contributed by atoms with Crippen LogP contribution in [-0.2, 0) is 6.54 Å². The number of phenols is 1. The molecule has 1 fully saturated rings. The number of phenolic OH excluding ortho intramolecular Hbond substituents is 1. The molecular formula is C17H24ClNO2. The number of hydrogen-bond donors (Lipinski definition) is 1. The van der Waals surface area contributed by atoms with E-state index in [0.29, 0.717) is 23.2 Å². The molecule has 1 aliphatic carbocycles. The summed E-state index contributed by atoms with van der Waals surface area (Å²) in [5, 5.41) is 10.8. The van der Waals surface area contributed by atoms with Crippen LogP contribution in [0.3, 0.4) is 0 Å². The number of Topliss-reactive ketones (excluding diaryl/α,β-unsaturated/α-hetero) is 1. The minimum Gasteiger partial charge on any atom is -0.507 e. The van der Waals surface area contributed by atoms with Gasteiger partial charge in [-0.15, -0.1) is 0 Å². The molecule has 0 unspecified atom stereocenters. The highest BCUT2D eigenvalue weighted by Crippen LogP contribution is 2.31. The molecule has 1 aliphatic rings. The molecule has 0 amide bonds. The molecule has 21 heavy (non-hydrogen) atoms. The Morgan fingerprint density at radius 2 is 2.00 bits per heavy atom. The summed E-state index contributed by atoms with van der Waals surface area (Å²) in [6.07, 6.45) is 6.32. The lowest BCUT2D eigenvalue weighted by molar-refractivity contribution is 0.101. The largest absolute Gasteiger partial charge is 0.507 e. The van der Waals surface area contributed by atoms with Gasteiger partial charge in [-0.05, 0) is 38.4 Å². The van der Waals surface area contributed by atoms with Crippen LogP contribution in [0, 0.1) is 0 Å². The van der Waals surface area contributed by atoms with E-state index in [0.717, 1.165) is 12.1 Å². The lowest BCUT2D eigenvalue weighted by Crippen LogP contribution is -2.36. The van der Waals surface area contributed by atoms with Gasteiger partial charge in [-0.1, -0.05) is 37.8 Å². The van der Waals surface area contributed by atoms with Crippen molar-refractivity contribution in [2.75, 3.05) is 6.54 Å². The highest BCUT2D eigenvalue weighted by Gasteiger charge is 2.22. The molecule has 0 radical (unpaired) electrons. The predicted molar refractivity (Wildman–Crippen MR) is 86.1 cm³/mol. The number of nitrogens with zero attached hydrogens (tertiary/aromatic N) is 1. The fraction of sp³-hybridized carbons (Fsp3) is 0.588. The average Bonchev–Trinajstić information content (AvgIpc) is 2.48. The molecule has 2 rings (SSSR count). The maximum Gasteiger partial charge on any atom is 0.163 e. The molecule has 1 N–H and O–H groups in total. The molecule has 0 aliphatic heterocycles. The van der Waals surface area contributed by atoms with Crippen LogP contribution >= 0.6 is 11.6 Å². The first-order chi connectivity index (χ1) is 10.0. The quantitative estimate of drug-likeness (QED) is 0.819. The molecule has 0 aromatic heterocycles. The first-order valence-electron chi connectivity index (χ1n) is 7.79. The van der Waals surface area contributed by atoms with Crippen LogP contribution in [0.4, 0.5) is 0 Å². The third-order valence-corrected chi connectivity index (χ3v) is 4.62. The van der Waals surface area contributed by atoms with E-state index in [9.17, 15) is 9.90 Å². The van der Waals surface area contributed by atoms with Crippen molar-refractivity contribution in [2.24, 2.45) is 0 Å². The zero-order chi connectivity index (χ0) is 15.4. The van der Waals surface area contributed by atoms with Gasteiger partial charge < -0.3 is 5.11 Å². The van der Waals surface area contributed by atoms with Crippen molar-refractivity contribution in [1.82, 2.24) is 4.90 Å². The summed E-state index contributed by atoms with van der Waals surface area (Å²) in [5.74, 6) is -0.0712. The fourth-order valence-corrected chi connectivity index (χ4v) is 3.45. The maximum atomic E-state index is 11.6. The van der Waals surface area contributed by atoms with E-state index in [2.05, 4.69) is 11.8 Å². The molecule has 0 saturated heterocycles. The van der Waals surface area contributed by atoms with Crippen LogP contribution in [0.2, 0.25) is 5.02 Å². The first kappa shape index (κ1) is 16.3. The Labute approximate surface area is 131 Å². The Balaban J connectivity index is 2.22. The van der Waals surface area contributed by atoms with Crippen molar-refractivity contribution in [1.29, 1.82) is 0 Å². The number of ketones is 1. The van der Waals surface area contributed by atoms with Gasteiger partial charge in [0.15, 0.2) is 5.78 Å². The van der Waals surface area contributed by atoms with Crippen LogP contribution in [0.15, 0.2) is 12.1 Å². The lowest BCUT2D eigenvalue weighted by Gasteiger charge is -2.33. The SMILES string of the molecule is CCN(Cc1cc(Cl)cc(C(C)=O)c1O)C1CCCCC1. The number of benzene rings is 1. The number of carbonyl (C=O) groups is 1. The van der Waals surface area contributed by atoms with Gasteiger partial charge in [0.2, 0.25) is 0 Å². The fourth-order valence-electron chi connectivity index (χ4n) is 3.21. The summed E-state index contributed by atoms with van der Waals surface area (Å²) >= 11 is 6.10. The number of aromatic hydroxyl groups is 1. The number of halogens is 1. The minimum absolute atomic E-state index is 0.0844. The zero-order valence-corrected chi connectivity index (χ0v) is 13.6. The Hall–Kier alpha value is -1.06. The van der Waals surface area contributed by atoms with Crippen molar-refractivity contribution >= 4 is 17.4 Å². The van der Waals surface area contributed by atoms with E-state index < -0.39 is 0 Å². The van der Waals surface area contributed by atoms with E-state index in [1.165, 1.54) is 39.0 Å². The van der Waals surface area contributed by atoms with Gasteiger partial charge in [0, 0.05) is 23.2 Å². The second-order valence-corrected chi connectivity index (χ2v) is 6.31. The van der Waals surface area contributed by atoms with Crippen molar-refractivity contribution < 1.29 is 9.90 Å². The van der Waals surface area contributed by atoms with Gasteiger partial charge >= 0.3 is 0 Å². The van der Waals surface area contributed by atoms with Crippen LogP contribution in [0.1, 0.15) is 61.9 Å². The van der Waals surface area contributed by atoms with Gasteiger partial charge in [0.05, 0.1) is 5.56 Å². The first-order valence-corrected chi connectivity index (χ1v) is 8.17. The smallest absolute Gasteiger partial charge is 0.163 e. The van der Waals surface area contributed by atoms with Gasteiger partial charge in [-0.3, -0.25) is 9.69 Å². The summed E-state index contributed by atoms with van der Waals surface area (Å²) in [7, 11) is 0. The summed E-state index contributed by atoms with van der Waals surface area (Å²) in [6, 6.07) is 3.89. The molecule has 1 aromatic carbocycles. The predicted octanol–water partition coefficient (Wildman–Crippen LogP) is 4.40. The number of rotatable bonds is 5. The monoisotopic (exact) mass is 309 g/mol. The topological polar surface area (TPSA) is 40.5 Å². The molecule has 4 heteroatoms. The van der Waals surface area contributed by atoms with Gasteiger partial charge in [0.1, 0.15) is 5.75 Å². The van der Waals surface area contributed by atoms with Gasteiger partial charge in [0.25, 0.3) is 0 Å². The molecule has 1 saturated carbocycles. The van der Waals surface area contributed by atoms with E-state index >= 15 is 0 Å². The van der Waals surface area contributed by atoms with Crippen LogP contribution in [0.5, 0.6) is 5.75 Å². The van der Waals surface area contributed by atoms with E-state index in [-0.39, 0.29) is 11.5 Å². The normalized spacial score (nSPS) is 16.4. The third-order valence-electron chi connectivity index (χ3n) is 4.40. The van der Waals surface area contributed by atoms with Gasteiger partial charge in [-0.2, -0.15) is 0 Å². The Bertz CT molecular complexity index is 510. The minimum atomic E-state index is -0.156.